The van der Waals surface area contributed by atoms with E-state index >= 15 is 0 Å². The molecule has 0 aromatic heterocycles. The van der Waals surface area contributed by atoms with Crippen molar-refractivity contribution < 1.29 is 23.2 Å². The molecule has 1 amide bonds. The summed E-state index contributed by atoms with van der Waals surface area (Å²) in [6.45, 7) is 10.4. The van der Waals surface area contributed by atoms with E-state index < -0.39 is 20.7 Å². The number of nitrogens with zero attached hydrogens (tertiary/aromatic N) is 2. The predicted molar refractivity (Wildman–Crippen MR) is 121 cm³/mol. The highest BCUT2D eigenvalue weighted by Gasteiger charge is 2.54. The van der Waals surface area contributed by atoms with Crippen molar-refractivity contribution in [1.82, 2.24) is 14.7 Å². The number of carbonyl (C=O) groups excluding carboxylic acids is 1. The molecule has 2 aliphatic rings. The lowest BCUT2D eigenvalue weighted by Gasteiger charge is -2.40. The van der Waals surface area contributed by atoms with Gasteiger partial charge < -0.3 is 9.64 Å². The predicted octanol–water partition coefficient (Wildman–Crippen LogP) is 2.30. The summed E-state index contributed by atoms with van der Waals surface area (Å²) in [5.74, 6) is -0.0310. The van der Waals surface area contributed by atoms with Gasteiger partial charge in [-0.15, -0.1) is 0 Å². The van der Waals surface area contributed by atoms with Crippen LogP contribution in [0.25, 0.3) is 0 Å². The van der Waals surface area contributed by atoms with E-state index in [2.05, 4.69) is 31.4 Å². The van der Waals surface area contributed by atoms with Gasteiger partial charge >= 0.3 is 0 Å². The van der Waals surface area contributed by atoms with Crippen molar-refractivity contribution in [3.8, 4) is 0 Å². The highest BCUT2D eigenvalue weighted by molar-refractivity contribution is 7.91. The van der Waals surface area contributed by atoms with Gasteiger partial charge in [-0.1, -0.05) is 38.7 Å². The molecule has 2 rings (SSSR count). The van der Waals surface area contributed by atoms with E-state index in [0.717, 1.165) is 12.2 Å². The van der Waals surface area contributed by atoms with Gasteiger partial charge in [0.25, 0.3) is 5.91 Å². The topological polar surface area (TPSA) is 99.2 Å². The monoisotopic (exact) mass is 455 g/mol. The highest BCUT2D eigenvalue weighted by atomic mass is 32.2. The van der Waals surface area contributed by atoms with Crippen LogP contribution in [0.3, 0.4) is 0 Å². The molecular formula is C22H37N3O5S. The van der Waals surface area contributed by atoms with Crippen LogP contribution in [-0.4, -0.2) is 73.4 Å². The Labute approximate surface area is 186 Å². The zero-order valence-corrected chi connectivity index (χ0v) is 19.7. The highest BCUT2D eigenvalue weighted by Crippen LogP contribution is 2.35. The summed E-state index contributed by atoms with van der Waals surface area (Å²) in [7, 11) is -1.89. The summed E-state index contributed by atoms with van der Waals surface area (Å²) < 4.78 is 31.6. The lowest BCUT2D eigenvalue weighted by Crippen LogP contribution is -2.60. The first-order chi connectivity index (χ1) is 14.6. The Hall–Kier alpha value is -1.68. The van der Waals surface area contributed by atoms with Gasteiger partial charge in [0, 0.05) is 58.4 Å². The number of hydroxylamine groups is 1. The SMILES string of the molecule is C=C(/C=C/C=C/C1CCN(S(=O)(=O)C2(C(=O)NO)CCOCC2)CC1)N(C)CC(C)C. The van der Waals surface area contributed by atoms with Gasteiger partial charge in [0.2, 0.25) is 10.0 Å². The van der Waals surface area contributed by atoms with E-state index in [1.165, 1.54) is 4.31 Å². The number of carbonyl (C=O) groups is 1. The second-order valence-electron chi connectivity index (χ2n) is 8.80. The fraction of sp³-hybridized carbons (Fsp3) is 0.682. The molecule has 31 heavy (non-hydrogen) atoms. The van der Waals surface area contributed by atoms with Crippen LogP contribution >= 0.6 is 0 Å². The molecule has 0 spiro atoms. The van der Waals surface area contributed by atoms with E-state index in [-0.39, 0.29) is 32.0 Å². The Kier molecular flexibility index (Phi) is 9.29. The van der Waals surface area contributed by atoms with Crippen LogP contribution in [0.5, 0.6) is 0 Å². The molecule has 0 bridgehead atoms. The first-order valence-electron chi connectivity index (χ1n) is 10.9. The van der Waals surface area contributed by atoms with Crippen LogP contribution in [0.1, 0.15) is 39.5 Å². The van der Waals surface area contributed by atoms with Gasteiger partial charge in [-0.25, -0.2) is 18.2 Å². The molecule has 0 radical (unpaired) electrons. The van der Waals surface area contributed by atoms with Crippen LogP contribution in [0.4, 0.5) is 0 Å². The zero-order chi connectivity index (χ0) is 23.1. The number of hydrogen-bond donors (Lipinski definition) is 2. The third kappa shape index (κ3) is 6.19. The lowest BCUT2D eigenvalue weighted by atomic mass is 9.97. The number of piperidine rings is 1. The minimum Gasteiger partial charge on any atom is -0.381 e. The molecule has 0 aromatic rings. The maximum atomic E-state index is 13.3. The smallest absolute Gasteiger partial charge is 0.266 e. The van der Waals surface area contributed by atoms with Crippen molar-refractivity contribution in [2.75, 3.05) is 39.9 Å². The summed E-state index contributed by atoms with van der Waals surface area (Å²) in [4.78, 5) is 14.4. The van der Waals surface area contributed by atoms with Gasteiger partial charge in [-0.3, -0.25) is 10.0 Å². The largest absolute Gasteiger partial charge is 0.381 e. The fourth-order valence-corrected chi connectivity index (χ4v) is 6.29. The van der Waals surface area contributed by atoms with Gasteiger partial charge in [-0.2, -0.15) is 0 Å². The number of likely N-dealkylation sites (N-methyl/N-ethyl adjacent to an activating group) is 1. The molecule has 0 unspecified atom stereocenters. The molecule has 176 valence electrons. The van der Waals surface area contributed by atoms with Gasteiger partial charge in [0.1, 0.15) is 0 Å². The van der Waals surface area contributed by atoms with Crippen molar-refractivity contribution in [2.24, 2.45) is 11.8 Å². The van der Waals surface area contributed by atoms with E-state index in [1.54, 1.807) is 5.48 Å². The molecule has 9 heteroatoms. The number of ether oxygens (including phenoxy) is 1. The van der Waals surface area contributed by atoms with E-state index in [0.29, 0.717) is 31.8 Å². The Morgan fingerprint density at radius 2 is 1.90 bits per heavy atom. The zero-order valence-electron chi connectivity index (χ0n) is 18.9. The minimum absolute atomic E-state index is 0.0431. The average molecular weight is 456 g/mol. The van der Waals surface area contributed by atoms with Gasteiger partial charge in [0.15, 0.2) is 4.75 Å². The third-order valence-corrected chi connectivity index (χ3v) is 8.69. The summed E-state index contributed by atoms with van der Waals surface area (Å²) in [6, 6.07) is 0. The minimum atomic E-state index is -3.91. The van der Waals surface area contributed by atoms with E-state index in [9.17, 15) is 13.2 Å². The van der Waals surface area contributed by atoms with Crippen LogP contribution in [0.15, 0.2) is 36.6 Å². The Balaban J connectivity index is 1.94. The molecule has 0 aromatic carbocycles. The first-order valence-corrected chi connectivity index (χ1v) is 12.3. The number of hydrogen-bond acceptors (Lipinski definition) is 6. The van der Waals surface area contributed by atoms with Crippen LogP contribution in [-0.2, 0) is 19.6 Å². The average Bonchev–Trinajstić information content (AvgIpc) is 2.76. The normalized spacial score (nSPS) is 21.1. The standard InChI is InChI=1S/C22H37N3O5S/c1-18(2)17-24(4)19(3)7-5-6-8-20-9-13-25(14-10-20)31(28,29)22(21(26)23-27)11-15-30-16-12-22/h5-8,18,20,27H,3,9-17H2,1-2,4H3,(H,23,26)/b7-5+,8-6+. The Morgan fingerprint density at radius 1 is 1.29 bits per heavy atom. The van der Waals surface area contributed by atoms with Crippen molar-refractivity contribution in [1.29, 1.82) is 0 Å². The van der Waals surface area contributed by atoms with E-state index in [1.807, 2.05) is 25.3 Å². The van der Waals surface area contributed by atoms with Crippen LogP contribution in [0.2, 0.25) is 0 Å². The number of sulfonamides is 1. The van der Waals surface area contributed by atoms with Crippen LogP contribution < -0.4 is 5.48 Å². The van der Waals surface area contributed by atoms with E-state index in [4.69, 9.17) is 9.94 Å². The number of amides is 1. The lowest BCUT2D eigenvalue weighted by molar-refractivity contribution is -0.134. The molecular weight excluding hydrogens is 418 g/mol. The van der Waals surface area contributed by atoms with Crippen molar-refractivity contribution >= 4 is 15.9 Å². The fourth-order valence-electron chi connectivity index (χ4n) is 4.14. The second-order valence-corrected chi connectivity index (χ2v) is 11.0. The molecule has 0 saturated carbocycles. The molecule has 2 fully saturated rings. The Bertz CT molecular complexity index is 777. The summed E-state index contributed by atoms with van der Waals surface area (Å²) >= 11 is 0. The van der Waals surface area contributed by atoms with Gasteiger partial charge in [-0.05, 0) is 30.8 Å². The molecule has 2 saturated heterocycles. The number of rotatable bonds is 9. The maximum absolute atomic E-state index is 13.3. The Morgan fingerprint density at radius 3 is 2.45 bits per heavy atom. The van der Waals surface area contributed by atoms with Gasteiger partial charge in [0.05, 0.1) is 0 Å². The van der Waals surface area contributed by atoms with Crippen molar-refractivity contribution in [3.05, 3.63) is 36.6 Å². The molecule has 0 atom stereocenters. The molecule has 2 aliphatic heterocycles. The second kappa shape index (κ2) is 11.3. The van der Waals surface area contributed by atoms with Crippen LogP contribution in [0, 0.1) is 11.8 Å². The number of nitrogens with one attached hydrogen (secondary N) is 1. The number of allylic oxidation sites excluding steroid dienone is 4. The molecule has 2 N–H and O–H groups in total. The van der Waals surface area contributed by atoms with Crippen molar-refractivity contribution in [2.45, 2.75) is 44.3 Å². The summed E-state index contributed by atoms with van der Waals surface area (Å²) in [6.07, 6.45) is 9.48. The molecule has 8 nitrogen and oxygen atoms in total. The summed E-state index contributed by atoms with van der Waals surface area (Å²) in [5, 5.41) is 9.14. The first kappa shape index (κ1) is 25.6. The molecule has 2 heterocycles. The van der Waals surface area contributed by atoms with Crippen molar-refractivity contribution in [3.63, 3.8) is 0 Å². The maximum Gasteiger partial charge on any atom is 0.266 e. The quantitative estimate of drug-likeness (QED) is 0.314. The molecule has 0 aliphatic carbocycles. The third-order valence-electron chi connectivity index (χ3n) is 6.06. The summed E-state index contributed by atoms with van der Waals surface area (Å²) in [5.41, 5.74) is 2.51.